The Hall–Kier alpha value is -0.960. The number of aliphatic hydroxyl groups excluding tert-OH is 14. The zero-order valence-electron chi connectivity index (χ0n) is 36.4. The Morgan fingerprint density at radius 3 is 1.03 bits per heavy atom. The summed E-state index contributed by atoms with van der Waals surface area (Å²) in [5.74, 6) is 0. The van der Waals surface area contributed by atoms with Gasteiger partial charge in [-0.3, -0.25) is 0 Å². The second-order valence-corrected chi connectivity index (χ2v) is 16.6. The molecule has 4 saturated heterocycles. The van der Waals surface area contributed by atoms with Crippen molar-refractivity contribution in [3.05, 3.63) is 0 Å². The van der Waals surface area contributed by atoms with Gasteiger partial charge in [0.2, 0.25) is 0 Å². The third-order valence-corrected chi connectivity index (χ3v) is 11.8. The third-order valence-electron chi connectivity index (χ3n) is 11.8. The maximum Gasteiger partial charge on any atom is 0.187 e. The molecule has 24 nitrogen and oxygen atoms in total. The lowest BCUT2D eigenvalue weighted by Gasteiger charge is -2.46. The summed E-state index contributed by atoms with van der Waals surface area (Å²) >= 11 is 0. The fraction of sp³-hybridized carbons (Fsp3) is 1.00. The van der Waals surface area contributed by atoms with Crippen LogP contribution in [-0.2, 0) is 47.4 Å². The Labute approximate surface area is 371 Å². The quantitative estimate of drug-likeness (QED) is 0.0341. The molecule has 4 aliphatic heterocycles. The van der Waals surface area contributed by atoms with Crippen LogP contribution in [0.4, 0.5) is 0 Å². The minimum Gasteiger partial charge on any atom is -0.394 e. The van der Waals surface area contributed by atoms with Crippen LogP contribution in [0.3, 0.4) is 0 Å². The van der Waals surface area contributed by atoms with Crippen molar-refractivity contribution in [3.63, 3.8) is 0 Å². The first kappa shape index (κ1) is 55.6. The highest BCUT2D eigenvalue weighted by atomic mass is 16.8. The molecule has 64 heavy (non-hydrogen) atoms. The molecule has 0 unspecified atom stereocenters. The minimum absolute atomic E-state index is 0.222. The van der Waals surface area contributed by atoms with E-state index in [4.69, 9.17) is 47.4 Å². The van der Waals surface area contributed by atoms with Gasteiger partial charge in [-0.1, -0.05) is 52.4 Å². The Kier molecular flexibility index (Phi) is 24.2. The molecule has 0 saturated carbocycles. The average Bonchev–Trinajstić information content (AvgIpc) is 3.29. The van der Waals surface area contributed by atoms with Gasteiger partial charge in [0.15, 0.2) is 25.2 Å². The Morgan fingerprint density at radius 1 is 0.375 bits per heavy atom. The van der Waals surface area contributed by atoms with E-state index in [0.717, 1.165) is 38.5 Å². The van der Waals surface area contributed by atoms with Crippen molar-refractivity contribution in [2.45, 2.75) is 200 Å². The molecule has 22 atom stereocenters. The van der Waals surface area contributed by atoms with E-state index in [1.807, 2.05) is 13.8 Å². The summed E-state index contributed by atoms with van der Waals surface area (Å²) in [5, 5.41) is 146. The molecule has 0 aromatic carbocycles. The molecular formula is C40H74O24. The molecule has 0 aromatic heterocycles. The van der Waals surface area contributed by atoms with Crippen molar-refractivity contribution in [2.75, 3.05) is 52.9 Å². The molecule has 0 amide bonds. The van der Waals surface area contributed by atoms with E-state index in [9.17, 15) is 71.5 Å². The summed E-state index contributed by atoms with van der Waals surface area (Å²) in [6, 6.07) is 0. The molecule has 378 valence electrons. The van der Waals surface area contributed by atoms with E-state index in [-0.39, 0.29) is 26.4 Å². The van der Waals surface area contributed by atoms with Crippen LogP contribution in [0.2, 0.25) is 0 Å². The first-order valence-corrected chi connectivity index (χ1v) is 22.3. The second-order valence-electron chi connectivity index (χ2n) is 16.6. The van der Waals surface area contributed by atoms with E-state index >= 15 is 0 Å². The van der Waals surface area contributed by atoms with Crippen LogP contribution >= 0.6 is 0 Å². The van der Waals surface area contributed by atoms with E-state index < -0.39 is 161 Å². The van der Waals surface area contributed by atoms with Crippen molar-refractivity contribution in [3.8, 4) is 0 Å². The smallest absolute Gasteiger partial charge is 0.187 e. The van der Waals surface area contributed by atoms with Gasteiger partial charge in [-0.05, 0) is 12.8 Å². The van der Waals surface area contributed by atoms with Crippen molar-refractivity contribution in [1.29, 1.82) is 0 Å². The summed E-state index contributed by atoms with van der Waals surface area (Å²) in [5.41, 5.74) is 0. The highest BCUT2D eigenvalue weighted by molar-refractivity contribution is 4.96. The van der Waals surface area contributed by atoms with E-state index in [0.29, 0.717) is 12.8 Å². The number of ether oxygens (including phenoxy) is 10. The first-order valence-electron chi connectivity index (χ1n) is 22.3. The van der Waals surface area contributed by atoms with Crippen LogP contribution < -0.4 is 0 Å². The molecule has 0 bridgehead atoms. The molecule has 4 fully saturated rings. The van der Waals surface area contributed by atoms with E-state index in [1.54, 1.807) is 0 Å². The largest absolute Gasteiger partial charge is 0.394 e. The van der Waals surface area contributed by atoms with Crippen molar-refractivity contribution in [1.82, 2.24) is 0 Å². The Bertz CT molecular complexity index is 1160. The van der Waals surface area contributed by atoms with Gasteiger partial charge in [0, 0.05) is 13.2 Å². The lowest BCUT2D eigenvalue weighted by molar-refractivity contribution is -0.363. The molecule has 0 aromatic rings. The zero-order chi connectivity index (χ0) is 47.1. The van der Waals surface area contributed by atoms with Gasteiger partial charge in [-0.25, -0.2) is 0 Å². The van der Waals surface area contributed by atoms with Crippen molar-refractivity contribution >= 4 is 0 Å². The number of hydrogen-bond donors (Lipinski definition) is 14. The molecule has 4 aliphatic rings. The second kappa shape index (κ2) is 27.9. The predicted octanol–water partition coefficient (Wildman–Crippen LogP) is -5.80. The third kappa shape index (κ3) is 14.5. The average molecular weight is 939 g/mol. The van der Waals surface area contributed by atoms with Gasteiger partial charge in [-0.15, -0.1) is 0 Å². The maximum absolute atomic E-state index is 11.2. The summed E-state index contributed by atoms with van der Waals surface area (Å²) in [6.45, 7) is 0.705. The van der Waals surface area contributed by atoms with Crippen LogP contribution in [-0.4, -0.2) is 259 Å². The summed E-state index contributed by atoms with van der Waals surface area (Å²) in [4.78, 5) is 0. The van der Waals surface area contributed by atoms with Crippen molar-refractivity contribution in [2.24, 2.45) is 0 Å². The maximum atomic E-state index is 11.2. The van der Waals surface area contributed by atoms with Gasteiger partial charge >= 0.3 is 0 Å². The summed E-state index contributed by atoms with van der Waals surface area (Å²) in [7, 11) is 0. The van der Waals surface area contributed by atoms with Crippen LogP contribution in [0.25, 0.3) is 0 Å². The fourth-order valence-corrected chi connectivity index (χ4v) is 7.82. The molecule has 0 aliphatic carbocycles. The Balaban J connectivity index is 1.47. The highest BCUT2D eigenvalue weighted by Crippen LogP contribution is 2.32. The summed E-state index contributed by atoms with van der Waals surface area (Å²) in [6.07, 6.45) is -28.6. The molecule has 4 heterocycles. The zero-order valence-corrected chi connectivity index (χ0v) is 36.4. The van der Waals surface area contributed by atoms with Gasteiger partial charge in [0.25, 0.3) is 0 Å². The number of hydrogen-bond acceptors (Lipinski definition) is 24. The monoisotopic (exact) mass is 938 g/mol. The standard InChI is InChI=1S/C40H74O24/c1-3-5-7-9-11-55-23(17-57-37-33(53)29(49)35(21(15-43)61-37)63-39-31(51)27(47)25(45)19(13-41)59-39)24(56-12-10-8-6-4-2)18-58-38-34(54)30(50)36(22(16-44)62-38)64-40-32(52)28(48)26(46)20(14-42)60-40/h19-54H,3-18H2,1-2H3/t19-,20-,21-,22-,23-,24-,25-,26-,27+,28+,29-,30-,31-,32-,33-,34-,35-,36-,37-,38-,39+,40+/m1/s1. The SMILES string of the molecule is CCCCCCO[C@H](CO[C@@H]1O[C@H](CO)[C@@H](O[C@@H]2O[C@H](CO)[C@@H](O)[C@H](O)[C@H]2O)[C@H](O)[C@H]1O)[C@@H](CO[C@@H]1O[C@H](CO)[C@@H](O[C@@H]2O[C@H](CO)[C@@H](O)[C@H](O)[C@H]2O)[C@H](O)[C@H]1O)OCCCCCC. The lowest BCUT2D eigenvalue weighted by Crippen LogP contribution is -2.65. The van der Waals surface area contributed by atoms with E-state index in [2.05, 4.69) is 0 Å². The minimum atomic E-state index is -1.85. The van der Waals surface area contributed by atoms with Gasteiger partial charge in [0.05, 0.1) is 39.6 Å². The number of aliphatic hydroxyl groups is 14. The predicted molar refractivity (Wildman–Crippen MR) is 212 cm³/mol. The van der Waals surface area contributed by atoms with Gasteiger partial charge < -0.3 is 119 Å². The molecule has 14 N–H and O–H groups in total. The van der Waals surface area contributed by atoms with Crippen LogP contribution in [0.5, 0.6) is 0 Å². The van der Waals surface area contributed by atoms with Crippen LogP contribution in [0.15, 0.2) is 0 Å². The van der Waals surface area contributed by atoms with Crippen molar-refractivity contribution < 1.29 is 119 Å². The first-order chi connectivity index (χ1) is 30.7. The Morgan fingerprint density at radius 2 is 0.703 bits per heavy atom. The normalized spacial score (nSPS) is 41.8. The lowest BCUT2D eigenvalue weighted by atomic mass is 9.97. The van der Waals surface area contributed by atoms with Crippen LogP contribution in [0.1, 0.15) is 65.2 Å². The molecule has 0 spiro atoms. The molecule has 0 radical (unpaired) electrons. The number of unbranched alkanes of at least 4 members (excludes halogenated alkanes) is 6. The number of rotatable bonds is 27. The van der Waals surface area contributed by atoms with Gasteiger partial charge in [0.1, 0.15) is 110 Å². The van der Waals surface area contributed by atoms with E-state index in [1.165, 1.54) is 0 Å². The molecular weight excluding hydrogens is 864 g/mol. The summed E-state index contributed by atoms with van der Waals surface area (Å²) < 4.78 is 58.2. The topological polar surface area (TPSA) is 376 Å². The van der Waals surface area contributed by atoms with Crippen LogP contribution in [0, 0.1) is 0 Å². The van der Waals surface area contributed by atoms with Gasteiger partial charge in [-0.2, -0.15) is 0 Å². The fourth-order valence-electron chi connectivity index (χ4n) is 7.82. The molecule has 4 rings (SSSR count). The highest BCUT2D eigenvalue weighted by Gasteiger charge is 2.53. The molecule has 24 heteroatoms.